The van der Waals surface area contributed by atoms with Crippen molar-refractivity contribution in [3.05, 3.63) is 53.5 Å². The number of hydrogen-bond donors (Lipinski definition) is 3. The predicted molar refractivity (Wildman–Crippen MR) is 130 cm³/mol. The molecule has 35 heavy (non-hydrogen) atoms. The number of nitrogens with two attached hydrogens (primary N) is 1. The average Bonchev–Trinajstić information content (AvgIpc) is 3.04. The zero-order valence-corrected chi connectivity index (χ0v) is 20.5. The molecule has 8 nitrogen and oxygen atoms in total. The van der Waals surface area contributed by atoms with Crippen LogP contribution in [-0.4, -0.2) is 45.6 Å². The zero-order valence-electron chi connectivity index (χ0n) is 20.5. The Bertz CT molecular complexity index is 1120. The molecule has 2 aromatic rings. The second kappa shape index (κ2) is 9.11. The number of aliphatic hydroxyl groups is 1. The van der Waals surface area contributed by atoms with Crippen LogP contribution in [-0.2, 0) is 10.4 Å². The fourth-order valence-electron chi connectivity index (χ4n) is 5.08. The maximum Gasteiger partial charge on any atom is 0.263 e. The number of fused-ring (bicyclic) bond motifs is 2. The molecule has 4 rings (SSSR count). The number of aromatic nitrogens is 1. The van der Waals surface area contributed by atoms with Gasteiger partial charge in [0.2, 0.25) is 0 Å². The van der Waals surface area contributed by atoms with Gasteiger partial charge in [0.25, 0.3) is 11.8 Å². The monoisotopic (exact) mass is 484 g/mol. The van der Waals surface area contributed by atoms with Gasteiger partial charge in [0.05, 0.1) is 11.2 Å². The lowest BCUT2D eigenvalue weighted by Crippen LogP contribution is -2.55. The summed E-state index contributed by atoms with van der Waals surface area (Å²) in [5.41, 5.74) is 3.88. The lowest BCUT2D eigenvalue weighted by Gasteiger charge is -2.41. The van der Waals surface area contributed by atoms with E-state index in [-0.39, 0.29) is 29.8 Å². The predicted octanol–water partition coefficient (Wildman–Crippen LogP) is 3.02. The minimum atomic E-state index is -1.31. The maximum absolute atomic E-state index is 14.6. The quantitative estimate of drug-likeness (QED) is 0.556. The Kier molecular flexibility index (Phi) is 6.48. The van der Waals surface area contributed by atoms with Gasteiger partial charge in [-0.1, -0.05) is 6.07 Å². The Morgan fingerprint density at radius 2 is 1.83 bits per heavy atom. The van der Waals surface area contributed by atoms with Crippen molar-refractivity contribution in [1.82, 2.24) is 10.3 Å². The number of carbonyl (C=O) groups is 2. The molecule has 0 aliphatic carbocycles. The van der Waals surface area contributed by atoms with E-state index in [0.717, 1.165) is 12.8 Å². The number of anilines is 1. The molecule has 9 heteroatoms. The number of nitrogens with one attached hydrogen (secondary N) is 1. The topological polar surface area (TPSA) is 118 Å². The Hall–Kier alpha value is -3.20. The van der Waals surface area contributed by atoms with Gasteiger partial charge in [0.15, 0.2) is 17.2 Å². The van der Waals surface area contributed by atoms with Gasteiger partial charge in [-0.25, -0.2) is 9.37 Å². The third kappa shape index (κ3) is 5.10. The second-order valence-electron chi connectivity index (χ2n) is 10.5. The molecule has 1 aromatic heterocycles. The number of hydrogen-bond acceptors (Lipinski definition) is 6. The summed E-state index contributed by atoms with van der Waals surface area (Å²) in [6, 6.07) is 7.78. The van der Waals surface area contributed by atoms with Crippen molar-refractivity contribution in [2.24, 2.45) is 5.73 Å². The summed E-state index contributed by atoms with van der Waals surface area (Å²) in [5.74, 6) is -0.938. The number of nitrogens with zero attached hydrogens (tertiary/aromatic N) is 2. The van der Waals surface area contributed by atoms with Gasteiger partial charge in [-0.05, 0) is 83.2 Å². The van der Waals surface area contributed by atoms with Crippen LogP contribution < -0.4 is 20.7 Å². The maximum atomic E-state index is 14.6. The normalized spacial score (nSPS) is 22.1. The van der Waals surface area contributed by atoms with Crippen LogP contribution in [0.5, 0.6) is 5.75 Å². The summed E-state index contributed by atoms with van der Waals surface area (Å²) in [6.07, 6.45) is 4.92. The fraction of sp³-hybridized carbons (Fsp3) is 0.500. The molecule has 0 spiro atoms. The van der Waals surface area contributed by atoms with Crippen molar-refractivity contribution in [3.63, 3.8) is 0 Å². The third-order valence-corrected chi connectivity index (χ3v) is 6.92. The molecule has 2 aliphatic rings. The molecular formula is C26H33FN4O4. The molecule has 2 atom stereocenters. The van der Waals surface area contributed by atoms with Crippen LogP contribution in [0.1, 0.15) is 69.3 Å². The summed E-state index contributed by atoms with van der Waals surface area (Å²) >= 11 is 0. The highest BCUT2D eigenvalue weighted by Gasteiger charge is 2.44. The van der Waals surface area contributed by atoms with Gasteiger partial charge >= 0.3 is 0 Å². The van der Waals surface area contributed by atoms with E-state index in [0.29, 0.717) is 29.8 Å². The van der Waals surface area contributed by atoms with Crippen LogP contribution in [0.3, 0.4) is 0 Å². The standard InChI is InChI=1S/C26H33FN4O4/c1-25(2,34)15-7-10-21(20(27)12-15)35-26(3,4)24(33)30-16-13-17-8-9-18(14-16)31(17)23-19(22(28)32)6-5-11-29-23/h5-7,10-12,16-18,34H,8-9,13-14H2,1-4H3,(H2,28,32)(H,30,33). The van der Waals surface area contributed by atoms with Crippen LogP contribution in [0, 0.1) is 5.82 Å². The van der Waals surface area contributed by atoms with Crippen molar-refractivity contribution in [2.45, 2.75) is 82.7 Å². The molecule has 188 valence electrons. The third-order valence-electron chi connectivity index (χ3n) is 6.92. The first kappa shape index (κ1) is 24.9. The van der Waals surface area contributed by atoms with E-state index < -0.39 is 22.9 Å². The molecular weight excluding hydrogens is 451 g/mol. The van der Waals surface area contributed by atoms with E-state index in [9.17, 15) is 19.1 Å². The second-order valence-corrected chi connectivity index (χ2v) is 10.5. The van der Waals surface area contributed by atoms with Gasteiger partial charge in [0, 0.05) is 24.3 Å². The molecule has 2 amide bonds. The van der Waals surface area contributed by atoms with Crippen LogP contribution in [0.25, 0.3) is 0 Å². The molecule has 2 unspecified atom stereocenters. The molecule has 2 aliphatic heterocycles. The molecule has 0 radical (unpaired) electrons. The highest BCUT2D eigenvalue weighted by atomic mass is 19.1. The number of carbonyl (C=O) groups excluding carboxylic acids is 2. The smallest absolute Gasteiger partial charge is 0.263 e. The number of ether oxygens (including phenoxy) is 1. The van der Waals surface area contributed by atoms with E-state index in [1.54, 1.807) is 52.1 Å². The lowest BCUT2D eigenvalue weighted by molar-refractivity contribution is -0.135. The van der Waals surface area contributed by atoms with Gasteiger partial charge in [-0.2, -0.15) is 0 Å². The molecule has 2 fully saturated rings. The number of halogens is 1. The highest BCUT2D eigenvalue weighted by molar-refractivity contribution is 5.97. The largest absolute Gasteiger partial charge is 0.475 e. The lowest BCUT2D eigenvalue weighted by atomic mass is 9.95. The Labute approximate surface area is 204 Å². The van der Waals surface area contributed by atoms with Crippen molar-refractivity contribution in [2.75, 3.05) is 4.90 Å². The van der Waals surface area contributed by atoms with E-state index in [4.69, 9.17) is 10.5 Å². The summed E-state index contributed by atoms with van der Waals surface area (Å²) < 4.78 is 20.4. The summed E-state index contributed by atoms with van der Waals surface area (Å²) in [6.45, 7) is 6.34. The zero-order chi connectivity index (χ0) is 25.5. The summed E-state index contributed by atoms with van der Waals surface area (Å²) in [5, 5.41) is 13.2. The highest BCUT2D eigenvalue weighted by Crippen LogP contribution is 2.40. The van der Waals surface area contributed by atoms with Crippen molar-refractivity contribution < 1.29 is 23.8 Å². The number of pyridine rings is 1. The Morgan fingerprint density at radius 3 is 2.40 bits per heavy atom. The van der Waals surface area contributed by atoms with E-state index in [1.165, 1.54) is 12.1 Å². The van der Waals surface area contributed by atoms with Crippen LogP contribution in [0.2, 0.25) is 0 Å². The molecule has 3 heterocycles. The summed E-state index contributed by atoms with van der Waals surface area (Å²) in [4.78, 5) is 31.6. The van der Waals surface area contributed by atoms with Crippen molar-refractivity contribution >= 4 is 17.6 Å². The number of benzene rings is 1. The van der Waals surface area contributed by atoms with E-state index in [1.807, 2.05) is 0 Å². The molecule has 0 saturated carbocycles. The Morgan fingerprint density at radius 1 is 1.17 bits per heavy atom. The minimum Gasteiger partial charge on any atom is -0.475 e. The number of amides is 2. The van der Waals surface area contributed by atoms with Crippen LogP contribution in [0.15, 0.2) is 36.5 Å². The van der Waals surface area contributed by atoms with E-state index in [2.05, 4.69) is 15.2 Å². The van der Waals surface area contributed by atoms with Crippen molar-refractivity contribution in [3.8, 4) is 5.75 Å². The number of rotatable bonds is 7. The number of primary amides is 1. The fourth-order valence-corrected chi connectivity index (χ4v) is 5.08. The first-order valence-corrected chi connectivity index (χ1v) is 11.9. The summed E-state index contributed by atoms with van der Waals surface area (Å²) in [7, 11) is 0. The minimum absolute atomic E-state index is 0.0535. The van der Waals surface area contributed by atoms with Crippen LogP contribution >= 0.6 is 0 Å². The van der Waals surface area contributed by atoms with E-state index >= 15 is 0 Å². The molecule has 4 N–H and O–H groups in total. The van der Waals surface area contributed by atoms with Crippen LogP contribution in [0.4, 0.5) is 10.2 Å². The van der Waals surface area contributed by atoms with Gasteiger partial charge < -0.3 is 25.8 Å². The first-order chi connectivity index (χ1) is 16.4. The van der Waals surface area contributed by atoms with Crippen molar-refractivity contribution in [1.29, 1.82) is 0 Å². The first-order valence-electron chi connectivity index (χ1n) is 11.9. The Balaban J connectivity index is 1.43. The number of piperidine rings is 1. The average molecular weight is 485 g/mol. The van der Waals surface area contributed by atoms with Gasteiger partial charge in [0.1, 0.15) is 5.82 Å². The molecule has 2 saturated heterocycles. The SMILES string of the molecule is CC(C)(Oc1ccc(C(C)(C)O)cc1F)C(=O)NC1CC2CCC(C1)N2c1ncccc1C(N)=O. The van der Waals surface area contributed by atoms with Gasteiger partial charge in [-0.3, -0.25) is 9.59 Å². The molecule has 1 aromatic carbocycles. The molecule has 2 bridgehead atoms. The van der Waals surface area contributed by atoms with Gasteiger partial charge in [-0.15, -0.1) is 0 Å².